The summed E-state index contributed by atoms with van der Waals surface area (Å²) in [6, 6.07) is 7.77. The van der Waals surface area contributed by atoms with Crippen molar-refractivity contribution in [2.45, 2.75) is 33.2 Å². The van der Waals surface area contributed by atoms with Gasteiger partial charge < -0.3 is 5.11 Å². The molecule has 0 bridgehead atoms. The largest absolute Gasteiger partial charge is 0.396 e. The van der Waals surface area contributed by atoms with Crippen LogP contribution >= 0.6 is 11.6 Å². The summed E-state index contributed by atoms with van der Waals surface area (Å²) in [7, 11) is 0. The van der Waals surface area contributed by atoms with Crippen molar-refractivity contribution in [3.63, 3.8) is 0 Å². The quantitative estimate of drug-likeness (QED) is 0.933. The smallest absolute Gasteiger partial charge is 0.0649 e. The maximum Gasteiger partial charge on any atom is 0.0649 e. The molecule has 0 aliphatic carbocycles. The van der Waals surface area contributed by atoms with E-state index in [4.69, 9.17) is 16.7 Å². The van der Waals surface area contributed by atoms with Gasteiger partial charge in [-0.25, -0.2) is 4.68 Å². The van der Waals surface area contributed by atoms with Gasteiger partial charge >= 0.3 is 0 Å². The highest BCUT2D eigenvalue weighted by molar-refractivity contribution is 6.30. The number of aliphatic hydroxyl groups is 1. The van der Waals surface area contributed by atoms with Crippen LogP contribution in [0.5, 0.6) is 0 Å². The molecule has 1 aliphatic heterocycles. The number of piperidine rings is 1. The number of aliphatic hydroxyl groups excluding tert-OH is 1. The van der Waals surface area contributed by atoms with E-state index in [2.05, 4.69) is 18.7 Å². The summed E-state index contributed by atoms with van der Waals surface area (Å²) < 4.78 is 1.99. The van der Waals surface area contributed by atoms with Crippen molar-refractivity contribution >= 4 is 11.6 Å². The zero-order valence-corrected chi connectivity index (χ0v) is 14.6. The third-order valence-electron chi connectivity index (χ3n) is 4.76. The fraction of sp³-hybridized carbons (Fsp3) is 0.500. The number of halogens is 1. The summed E-state index contributed by atoms with van der Waals surface area (Å²) in [5.74, 6) is 0.413. The molecule has 124 valence electrons. The number of aromatic nitrogens is 2. The second-order valence-corrected chi connectivity index (χ2v) is 6.90. The Balaban J connectivity index is 1.82. The van der Waals surface area contributed by atoms with Gasteiger partial charge in [0.1, 0.15) is 0 Å². The predicted molar refractivity (Wildman–Crippen MR) is 93.1 cm³/mol. The fourth-order valence-corrected chi connectivity index (χ4v) is 3.53. The molecule has 1 fully saturated rings. The molecule has 0 radical (unpaired) electrons. The van der Waals surface area contributed by atoms with Gasteiger partial charge in [0.15, 0.2) is 0 Å². The molecule has 3 rings (SSSR count). The van der Waals surface area contributed by atoms with E-state index >= 15 is 0 Å². The molecule has 1 unspecified atom stereocenters. The lowest BCUT2D eigenvalue weighted by Gasteiger charge is -2.31. The van der Waals surface area contributed by atoms with E-state index in [1.165, 1.54) is 11.3 Å². The van der Waals surface area contributed by atoms with E-state index in [9.17, 15) is 5.11 Å². The van der Waals surface area contributed by atoms with E-state index in [0.717, 1.165) is 48.9 Å². The summed E-state index contributed by atoms with van der Waals surface area (Å²) >= 11 is 5.97. The molecule has 1 N–H and O–H groups in total. The van der Waals surface area contributed by atoms with Gasteiger partial charge in [0.05, 0.1) is 11.4 Å². The van der Waals surface area contributed by atoms with Crippen LogP contribution in [0.4, 0.5) is 0 Å². The Morgan fingerprint density at radius 2 is 2.00 bits per heavy atom. The molecule has 1 aromatic heterocycles. The lowest BCUT2D eigenvalue weighted by molar-refractivity contribution is 0.115. The SMILES string of the molecule is Cc1nn(-c2ccc(Cl)cc2)c(C)c1CN1CCCC(CO)C1. The monoisotopic (exact) mass is 333 g/mol. The molecule has 1 aliphatic rings. The van der Waals surface area contributed by atoms with Crippen molar-refractivity contribution < 1.29 is 5.11 Å². The molecule has 0 saturated carbocycles. The first-order valence-electron chi connectivity index (χ1n) is 8.22. The molecule has 0 spiro atoms. The molecule has 0 amide bonds. The Kier molecular flexibility index (Phi) is 5.05. The molecule has 2 heterocycles. The van der Waals surface area contributed by atoms with Crippen LogP contribution in [0, 0.1) is 19.8 Å². The summed E-state index contributed by atoms with van der Waals surface area (Å²) in [6.45, 7) is 7.46. The zero-order valence-electron chi connectivity index (χ0n) is 13.8. The van der Waals surface area contributed by atoms with E-state index in [0.29, 0.717) is 12.5 Å². The first-order chi connectivity index (χ1) is 11.1. The number of aryl methyl sites for hydroxylation is 1. The molecule has 23 heavy (non-hydrogen) atoms. The van der Waals surface area contributed by atoms with Crippen molar-refractivity contribution in [1.82, 2.24) is 14.7 Å². The minimum absolute atomic E-state index is 0.290. The molecular weight excluding hydrogens is 310 g/mol. The zero-order chi connectivity index (χ0) is 16.4. The number of hydrogen-bond acceptors (Lipinski definition) is 3. The summed E-state index contributed by atoms with van der Waals surface area (Å²) in [4.78, 5) is 2.44. The number of hydrogen-bond donors (Lipinski definition) is 1. The molecule has 4 nitrogen and oxygen atoms in total. The standard InChI is InChI=1S/C18H24ClN3O/c1-13-18(11-21-9-3-4-15(10-21)12-23)14(2)22(20-13)17-7-5-16(19)6-8-17/h5-8,15,23H,3-4,9-12H2,1-2H3. The maximum atomic E-state index is 9.41. The Bertz CT molecular complexity index is 666. The van der Waals surface area contributed by atoms with Gasteiger partial charge in [0, 0.05) is 36.0 Å². The van der Waals surface area contributed by atoms with Crippen LogP contribution < -0.4 is 0 Å². The first kappa shape index (κ1) is 16.5. The highest BCUT2D eigenvalue weighted by atomic mass is 35.5. The molecule has 2 aromatic rings. The molecule has 1 saturated heterocycles. The lowest BCUT2D eigenvalue weighted by Crippen LogP contribution is -2.36. The third-order valence-corrected chi connectivity index (χ3v) is 5.01. The Labute approximate surface area is 142 Å². The van der Waals surface area contributed by atoms with Gasteiger partial charge in [-0.2, -0.15) is 5.10 Å². The number of rotatable bonds is 4. The highest BCUT2D eigenvalue weighted by Gasteiger charge is 2.22. The molecular formula is C18H24ClN3O. The van der Waals surface area contributed by atoms with Crippen molar-refractivity contribution in [3.05, 3.63) is 46.2 Å². The third kappa shape index (κ3) is 3.60. The van der Waals surface area contributed by atoms with Crippen LogP contribution in [0.1, 0.15) is 29.8 Å². The Morgan fingerprint density at radius 3 is 2.70 bits per heavy atom. The van der Waals surface area contributed by atoms with Crippen molar-refractivity contribution in [2.75, 3.05) is 19.7 Å². The minimum atomic E-state index is 0.290. The second-order valence-electron chi connectivity index (χ2n) is 6.46. The van der Waals surface area contributed by atoms with Gasteiger partial charge in [0.25, 0.3) is 0 Å². The highest BCUT2D eigenvalue weighted by Crippen LogP contribution is 2.23. The van der Waals surface area contributed by atoms with E-state index in [1.807, 2.05) is 28.9 Å². The first-order valence-corrected chi connectivity index (χ1v) is 8.60. The van der Waals surface area contributed by atoms with Crippen LogP contribution in [0.2, 0.25) is 5.02 Å². The molecule has 1 atom stereocenters. The predicted octanol–water partition coefficient (Wildman–Crippen LogP) is 3.35. The van der Waals surface area contributed by atoms with Gasteiger partial charge in [-0.15, -0.1) is 0 Å². The van der Waals surface area contributed by atoms with Gasteiger partial charge in [-0.05, 0) is 63.4 Å². The van der Waals surface area contributed by atoms with E-state index < -0.39 is 0 Å². The lowest BCUT2D eigenvalue weighted by atomic mass is 9.98. The van der Waals surface area contributed by atoms with Crippen molar-refractivity contribution in [2.24, 2.45) is 5.92 Å². The van der Waals surface area contributed by atoms with Crippen LogP contribution in [0.25, 0.3) is 5.69 Å². The van der Waals surface area contributed by atoms with Crippen molar-refractivity contribution in [1.29, 1.82) is 0 Å². The normalized spacial score (nSPS) is 19.2. The average molecular weight is 334 g/mol. The Hall–Kier alpha value is -1.36. The summed E-state index contributed by atoms with van der Waals surface area (Å²) in [6.07, 6.45) is 2.30. The number of likely N-dealkylation sites (tertiary alicyclic amines) is 1. The molecule has 5 heteroatoms. The van der Waals surface area contributed by atoms with Gasteiger partial charge in [-0.1, -0.05) is 11.6 Å². The molecule has 1 aromatic carbocycles. The topological polar surface area (TPSA) is 41.3 Å². The van der Waals surface area contributed by atoms with E-state index in [1.54, 1.807) is 0 Å². The Morgan fingerprint density at radius 1 is 1.26 bits per heavy atom. The number of benzene rings is 1. The minimum Gasteiger partial charge on any atom is -0.396 e. The van der Waals surface area contributed by atoms with Crippen LogP contribution in [-0.4, -0.2) is 39.5 Å². The fourth-order valence-electron chi connectivity index (χ4n) is 3.41. The van der Waals surface area contributed by atoms with Crippen molar-refractivity contribution in [3.8, 4) is 5.69 Å². The van der Waals surface area contributed by atoms with Crippen LogP contribution in [0.15, 0.2) is 24.3 Å². The van der Waals surface area contributed by atoms with Crippen LogP contribution in [-0.2, 0) is 6.54 Å². The summed E-state index contributed by atoms with van der Waals surface area (Å²) in [5.41, 5.74) is 4.58. The summed E-state index contributed by atoms with van der Waals surface area (Å²) in [5, 5.41) is 14.9. The maximum absolute atomic E-state index is 9.41. The second kappa shape index (κ2) is 7.04. The van der Waals surface area contributed by atoms with Crippen LogP contribution in [0.3, 0.4) is 0 Å². The number of nitrogens with zero attached hydrogens (tertiary/aromatic N) is 3. The van der Waals surface area contributed by atoms with Gasteiger partial charge in [-0.3, -0.25) is 4.90 Å². The van der Waals surface area contributed by atoms with E-state index in [-0.39, 0.29) is 0 Å². The van der Waals surface area contributed by atoms with Gasteiger partial charge in [0.2, 0.25) is 0 Å². The average Bonchev–Trinajstić information content (AvgIpc) is 2.84.